The Balaban J connectivity index is 0.000000152. The first kappa shape index (κ1) is 73.3. The van der Waals surface area contributed by atoms with Crippen LogP contribution in [0.3, 0.4) is 0 Å². The van der Waals surface area contributed by atoms with Gasteiger partial charge in [0.2, 0.25) is 0 Å². The van der Waals surface area contributed by atoms with Gasteiger partial charge in [-0.15, -0.1) is 0 Å². The summed E-state index contributed by atoms with van der Waals surface area (Å²) in [5.74, 6) is 1.70. The van der Waals surface area contributed by atoms with Gasteiger partial charge in [-0.1, -0.05) is 86.5 Å². The minimum Gasteiger partial charge on any atom is -0.423 e. The molecule has 2 bridgehead atoms. The summed E-state index contributed by atoms with van der Waals surface area (Å²) in [6.45, 7) is 10.1. The Kier molecular flexibility index (Phi) is 22.9. The Morgan fingerprint density at radius 2 is 0.938 bits per heavy atom. The van der Waals surface area contributed by atoms with E-state index in [1.54, 1.807) is 79.3 Å². The molecule has 3 aliphatic rings. The zero-order valence-electron chi connectivity index (χ0n) is 53.7. The number of benzene rings is 4. The molecule has 28 heteroatoms. The second-order valence-corrected chi connectivity index (χ2v) is 34.8. The zero-order chi connectivity index (χ0) is 69.7. The van der Waals surface area contributed by atoms with Crippen LogP contribution in [-0.2, 0) is 48.7 Å². The largest absolute Gasteiger partial charge is 0.494 e. The molecule has 6 aromatic heterocycles. The highest BCUT2D eigenvalue weighted by Gasteiger charge is 2.52. The number of hydrogen-bond acceptors (Lipinski definition) is 18. The molecule has 2 aliphatic heterocycles. The molecular formula is C68H68B2Br3N7O12S4. The molecule has 2 fully saturated rings. The monoisotopic (exact) mass is 1560 g/mol. The average molecular weight is 1560 g/mol. The van der Waals surface area contributed by atoms with Crippen molar-refractivity contribution in [3.63, 3.8) is 0 Å². The van der Waals surface area contributed by atoms with Crippen LogP contribution in [0, 0.1) is 6.92 Å². The molecule has 2 atom stereocenters. The third-order valence-electron chi connectivity index (χ3n) is 16.3. The van der Waals surface area contributed by atoms with Crippen molar-refractivity contribution in [2.45, 2.75) is 96.6 Å². The highest BCUT2D eigenvalue weighted by molar-refractivity contribution is 9.11. The fourth-order valence-corrected chi connectivity index (χ4v) is 14.4. The zero-order valence-corrected chi connectivity index (χ0v) is 61.7. The summed E-state index contributed by atoms with van der Waals surface area (Å²) in [5.41, 5.74) is 10.2. The van der Waals surface area contributed by atoms with Crippen LogP contribution in [0.5, 0.6) is 0 Å². The summed E-state index contributed by atoms with van der Waals surface area (Å²) in [6.07, 6.45) is 15.2. The normalized spacial score (nSPS) is 15.9. The van der Waals surface area contributed by atoms with Crippen molar-refractivity contribution in [1.29, 1.82) is 0 Å². The highest BCUT2D eigenvalue weighted by Crippen LogP contribution is 2.52. The maximum absolute atomic E-state index is 11.8. The first-order valence-corrected chi connectivity index (χ1v) is 39.8. The van der Waals surface area contributed by atoms with E-state index in [1.165, 1.54) is 68.1 Å². The molecule has 19 nitrogen and oxygen atoms in total. The quantitative estimate of drug-likeness (QED) is 0.0899. The maximum atomic E-state index is 11.8. The summed E-state index contributed by atoms with van der Waals surface area (Å²) >= 11 is 9.88. The number of nitrogens with zero attached hydrogens (tertiary/aromatic N) is 7. The van der Waals surface area contributed by atoms with Gasteiger partial charge in [0.05, 0.1) is 59.3 Å². The first-order valence-electron chi connectivity index (χ1n) is 29.8. The lowest BCUT2D eigenvalue weighted by Gasteiger charge is -2.32. The lowest BCUT2D eigenvalue weighted by atomic mass is 9.79. The molecule has 1 saturated heterocycles. The molecule has 4 aromatic carbocycles. The van der Waals surface area contributed by atoms with E-state index in [0.29, 0.717) is 26.6 Å². The Hall–Kier alpha value is -6.95. The predicted molar refractivity (Wildman–Crippen MR) is 386 cm³/mol. The van der Waals surface area contributed by atoms with E-state index >= 15 is 0 Å². The number of rotatable bonds is 11. The van der Waals surface area contributed by atoms with Crippen molar-refractivity contribution in [2.75, 3.05) is 25.0 Å². The molecule has 0 spiro atoms. The van der Waals surface area contributed by atoms with Crippen molar-refractivity contribution in [1.82, 2.24) is 34.5 Å². The van der Waals surface area contributed by atoms with Gasteiger partial charge in [0.1, 0.15) is 16.1 Å². The van der Waals surface area contributed by atoms with Crippen LogP contribution in [0.1, 0.15) is 70.4 Å². The number of fused-ring (bicyclic) bond motifs is 5. The Morgan fingerprint density at radius 1 is 0.500 bits per heavy atom. The van der Waals surface area contributed by atoms with E-state index in [4.69, 9.17) is 29.3 Å². The molecule has 1 aliphatic carbocycles. The van der Waals surface area contributed by atoms with Crippen molar-refractivity contribution < 1.29 is 53.0 Å². The third kappa shape index (κ3) is 18.4. The van der Waals surface area contributed by atoms with Gasteiger partial charge in [-0.3, -0.25) is 19.9 Å². The molecule has 10 aromatic rings. The topological polar surface area (TPSA) is 278 Å². The standard InChI is InChI=1S/C26H24N4O2S.C18H22BNO4S.C12H10BrNO2S.C7H9BO4S.C5H3Br2N/c1-16-4-3-5-22(28-16)24-25(30-20-9-6-19(14-20)26(30)29-24)18-12-13-27-23(15-18)17-7-10-21(11-8-17)33(2,31)32;1-17(2)18(3,4)24-19(23-17)14-10-11-20-16(12-14)13-6-8-15(9-7-13)25(5,21)22;1-17(15,16)11-4-2-9(3-5-11)12-8-10(13)6-7-14-12;1-13(11,12)7-4-2-6(3-5-7)8(9)10;6-4-1-2-8-5(7)3-4/h3-5,7-8,10-13,15,19-20H,6,9,14H2,1-2H3;6-12H,1-5H3;2-8H,1H3;2-5,9-10H,1H3;1-3H. The molecule has 2 N–H and O–H groups in total. The lowest BCUT2D eigenvalue weighted by Crippen LogP contribution is -2.41. The van der Waals surface area contributed by atoms with Crippen LogP contribution in [0.15, 0.2) is 222 Å². The molecule has 2 unspecified atom stereocenters. The molecular weight excluding hydrogens is 1500 g/mol. The number of hydrogen-bond donors (Lipinski definition) is 2. The SMILES string of the molecule is Brc1ccnc(Br)c1.CC1(C)OB(c2ccnc(-c3ccc(S(C)(=O)=O)cc3)c2)OC1(C)C.CS(=O)(=O)c1ccc(-c2cc(Br)ccn2)cc1.CS(=O)(=O)c1ccc(B(O)O)cc1.Cc1cccc(-c2nc3n(c2-c2ccnc(-c4ccc(S(C)(=O)=O)cc4)c2)C2CCC3C2)n1. The van der Waals surface area contributed by atoms with E-state index in [9.17, 15) is 33.7 Å². The van der Waals surface area contributed by atoms with Crippen molar-refractivity contribution >= 4 is 112 Å². The van der Waals surface area contributed by atoms with Crippen LogP contribution in [0.2, 0.25) is 0 Å². The number of imidazole rings is 1. The smallest absolute Gasteiger partial charge is 0.423 e. The van der Waals surface area contributed by atoms with Crippen molar-refractivity contribution in [3.05, 3.63) is 214 Å². The van der Waals surface area contributed by atoms with Gasteiger partial charge in [-0.05, 0) is 190 Å². The summed E-state index contributed by atoms with van der Waals surface area (Å²) in [7, 11) is -14.8. The van der Waals surface area contributed by atoms with Crippen molar-refractivity contribution in [3.8, 4) is 56.4 Å². The summed E-state index contributed by atoms with van der Waals surface area (Å²) < 4.78 is 109. The Bertz CT molecular complexity index is 4890. The molecule has 8 heterocycles. The molecule has 498 valence electrons. The van der Waals surface area contributed by atoms with Crippen LogP contribution in [0.25, 0.3) is 56.4 Å². The van der Waals surface area contributed by atoms with E-state index in [1.807, 2.05) is 114 Å². The number of sulfone groups is 4. The van der Waals surface area contributed by atoms with Crippen molar-refractivity contribution in [2.24, 2.45) is 0 Å². The fraction of sp³-hybridized carbons (Fsp3) is 0.235. The van der Waals surface area contributed by atoms with Gasteiger partial charge in [-0.25, -0.2) is 43.6 Å². The molecule has 1 saturated carbocycles. The minimum atomic E-state index is -3.24. The number of halogens is 3. The van der Waals surface area contributed by atoms with Gasteiger partial charge < -0.3 is 23.9 Å². The highest BCUT2D eigenvalue weighted by atomic mass is 79.9. The fourth-order valence-electron chi connectivity index (χ4n) is 10.6. The molecule has 96 heavy (non-hydrogen) atoms. The van der Waals surface area contributed by atoms with E-state index in [2.05, 4.69) is 78.4 Å². The van der Waals surface area contributed by atoms with Gasteiger partial charge in [-0.2, -0.15) is 0 Å². The van der Waals surface area contributed by atoms with Crippen LogP contribution in [0.4, 0.5) is 0 Å². The summed E-state index contributed by atoms with van der Waals surface area (Å²) in [6, 6.07) is 47.6. The molecule has 0 amide bonds. The number of aryl methyl sites for hydroxylation is 1. The van der Waals surface area contributed by atoms with Gasteiger partial charge in [0.25, 0.3) is 0 Å². The second kappa shape index (κ2) is 30.0. The molecule has 0 radical (unpaired) electrons. The van der Waals surface area contributed by atoms with Gasteiger partial charge >= 0.3 is 14.2 Å². The molecule has 13 rings (SSSR count). The predicted octanol–water partition coefficient (Wildman–Crippen LogP) is 12.0. The van der Waals surface area contributed by atoms with E-state index in [-0.39, 0.29) is 10.4 Å². The van der Waals surface area contributed by atoms with Crippen LogP contribution in [-0.4, -0.2) is 129 Å². The van der Waals surface area contributed by atoms with E-state index < -0.39 is 64.8 Å². The Labute approximate surface area is 586 Å². The maximum Gasteiger partial charge on any atom is 0.494 e. The summed E-state index contributed by atoms with van der Waals surface area (Å²) in [5, 5.41) is 17.4. The van der Waals surface area contributed by atoms with Crippen LogP contribution >= 0.6 is 47.8 Å². The van der Waals surface area contributed by atoms with Crippen LogP contribution < -0.4 is 10.9 Å². The second-order valence-electron chi connectivity index (χ2n) is 24.1. The average Bonchev–Trinajstić information content (AvgIpc) is 1.57. The lowest BCUT2D eigenvalue weighted by molar-refractivity contribution is 0.00578. The minimum absolute atomic E-state index is 0.164. The number of pyridine rings is 5. The van der Waals surface area contributed by atoms with Gasteiger partial charge in [0, 0.05) is 98.7 Å². The van der Waals surface area contributed by atoms with Gasteiger partial charge in [0.15, 0.2) is 39.3 Å². The van der Waals surface area contributed by atoms with E-state index in [0.717, 1.165) is 87.4 Å². The summed E-state index contributed by atoms with van der Waals surface area (Å²) in [4.78, 5) is 28.1. The first-order chi connectivity index (χ1) is 45.0. The Morgan fingerprint density at radius 3 is 1.38 bits per heavy atom. The number of aromatic nitrogens is 7. The third-order valence-corrected chi connectivity index (χ3v) is 22.2.